The van der Waals surface area contributed by atoms with Crippen molar-refractivity contribution in [1.82, 2.24) is 0 Å². The van der Waals surface area contributed by atoms with E-state index >= 15 is 0 Å². The molecule has 0 spiro atoms. The Kier molecular flexibility index (Phi) is 3.48. The molecule has 0 aromatic carbocycles. The fraction of sp³-hybridized carbons (Fsp3) is 0.917. The maximum atomic E-state index is 9.10. The summed E-state index contributed by atoms with van der Waals surface area (Å²) in [6.45, 7) is 6.87. The molecule has 0 aromatic rings. The van der Waals surface area contributed by atoms with E-state index in [9.17, 15) is 0 Å². The van der Waals surface area contributed by atoms with E-state index in [4.69, 9.17) is 16.9 Å². The molecule has 0 aromatic heterocycles. The summed E-state index contributed by atoms with van der Waals surface area (Å²) < 4.78 is 0. The fourth-order valence-corrected chi connectivity index (χ4v) is 2.64. The van der Waals surface area contributed by atoms with Crippen molar-refractivity contribution in [3.63, 3.8) is 0 Å². The Hall–Kier alpha value is -0.220. The minimum absolute atomic E-state index is 0.219. The van der Waals surface area contributed by atoms with Crippen LogP contribution in [0.25, 0.3) is 0 Å². The molecule has 1 rings (SSSR count). The van der Waals surface area contributed by atoms with Crippen molar-refractivity contribution in [2.75, 3.05) is 5.88 Å². The SMILES string of the molecule is CC(C)(C)C1CCC(C#N)(CCl)CC1. The lowest BCUT2D eigenvalue weighted by molar-refractivity contribution is 0.131. The average Bonchev–Trinajstić information content (AvgIpc) is 2.16. The van der Waals surface area contributed by atoms with Crippen LogP contribution >= 0.6 is 11.6 Å². The maximum absolute atomic E-state index is 9.10. The molecule has 1 saturated carbocycles. The van der Waals surface area contributed by atoms with Gasteiger partial charge in [-0.3, -0.25) is 0 Å². The van der Waals surface area contributed by atoms with Crippen LogP contribution in [-0.4, -0.2) is 5.88 Å². The Labute approximate surface area is 92.4 Å². The number of rotatable bonds is 1. The van der Waals surface area contributed by atoms with Gasteiger partial charge in [0, 0.05) is 5.88 Å². The van der Waals surface area contributed by atoms with Crippen molar-refractivity contribution in [1.29, 1.82) is 5.26 Å². The molecule has 1 aliphatic carbocycles. The molecular weight excluding hydrogens is 194 g/mol. The van der Waals surface area contributed by atoms with Crippen LogP contribution in [0.5, 0.6) is 0 Å². The molecule has 0 radical (unpaired) electrons. The molecule has 0 aliphatic heterocycles. The minimum atomic E-state index is -0.219. The van der Waals surface area contributed by atoms with Gasteiger partial charge in [0.2, 0.25) is 0 Å². The third-order valence-corrected chi connectivity index (χ3v) is 4.17. The van der Waals surface area contributed by atoms with Gasteiger partial charge >= 0.3 is 0 Å². The first-order chi connectivity index (χ1) is 6.43. The number of nitriles is 1. The minimum Gasteiger partial charge on any atom is -0.198 e. The Bertz CT molecular complexity index is 226. The molecule has 0 saturated heterocycles. The Balaban J connectivity index is 2.59. The highest BCUT2D eigenvalue weighted by molar-refractivity contribution is 6.18. The quantitative estimate of drug-likeness (QED) is 0.605. The van der Waals surface area contributed by atoms with Gasteiger partial charge in [-0.05, 0) is 37.0 Å². The predicted molar refractivity (Wildman–Crippen MR) is 60.2 cm³/mol. The van der Waals surface area contributed by atoms with E-state index in [0.29, 0.717) is 11.3 Å². The van der Waals surface area contributed by atoms with E-state index in [1.54, 1.807) is 0 Å². The molecule has 1 nitrogen and oxygen atoms in total. The predicted octanol–water partition coefficient (Wildman–Crippen LogP) is 3.97. The van der Waals surface area contributed by atoms with Crippen molar-refractivity contribution in [3.05, 3.63) is 0 Å². The van der Waals surface area contributed by atoms with Gasteiger partial charge in [0.15, 0.2) is 0 Å². The van der Waals surface area contributed by atoms with Crippen molar-refractivity contribution >= 4 is 11.6 Å². The summed E-state index contributed by atoms with van der Waals surface area (Å²) in [5.41, 5.74) is 0.164. The van der Waals surface area contributed by atoms with Gasteiger partial charge in [0.1, 0.15) is 0 Å². The van der Waals surface area contributed by atoms with Crippen molar-refractivity contribution < 1.29 is 0 Å². The zero-order valence-electron chi connectivity index (χ0n) is 9.44. The Morgan fingerprint density at radius 3 is 2.14 bits per heavy atom. The number of alkyl halides is 1. The van der Waals surface area contributed by atoms with Crippen molar-refractivity contribution in [2.24, 2.45) is 16.7 Å². The summed E-state index contributed by atoms with van der Waals surface area (Å²) in [5, 5.41) is 9.10. The van der Waals surface area contributed by atoms with Crippen LogP contribution in [-0.2, 0) is 0 Å². The van der Waals surface area contributed by atoms with Crippen molar-refractivity contribution in [3.8, 4) is 6.07 Å². The van der Waals surface area contributed by atoms with Gasteiger partial charge in [-0.2, -0.15) is 5.26 Å². The van der Waals surface area contributed by atoms with E-state index in [1.165, 1.54) is 0 Å². The van der Waals surface area contributed by atoms with E-state index in [2.05, 4.69) is 26.8 Å². The molecule has 1 fully saturated rings. The molecule has 0 N–H and O–H groups in total. The first kappa shape index (κ1) is 11.9. The molecule has 1 aliphatic rings. The van der Waals surface area contributed by atoms with E-state index in [0.717, 1.165) is 31.6 Å². The van der Waals surface area contributed by atoms with Crippen molar-refractivity contribution in [2.45, 2.75) is 46.5 Å². The summed E-state index contributed by atoms with van der Waals surface area (Å²) in [4.78, 5) is 0. The van der Waals surface area contributed by atoms with Crippen LogP contribution < -0.4 is 0 Å². The zero-order valence-corrected chi connectivity index (χ0v) is 10.2. The fourth-order valence-electron chi connectivity index (χ4n) is 2.31. The maximum Gasteiger partial charge on any atom is 0.0709 e. The van der Waals surface area contributed by atoms with E-state index < -0.39 is 0 Å². The lowest BCUT2D eigenvalue weighted by Gasteiger charge is -2.39. The summed E-state index contributed by atoms with van der Waals surface area (Å²) in [7, 11) is 0. The molecule has 0 atom stereocenters. The molecule has 0 unspecified atom stereocenters. The summed E-state index contributed by atoms with van der Waals surface area (Å²) >= 11 is 5.88. The normalized spacial score (nSPS) is 33.8. The average molecular weight is 214 g/mol. The van der Waals surface area contributed by atoms with Gasteiger partial charge < -0.3 is 0 Å². The largest absolute Gasteiger partial charge is 0.198 e. The lowest BCUT2D eigenvalue weighted by atomic mass is 9.65. The van der Waals surface area contributed by atoms with Gasteiger partial charge in [-0.25, -0.2) is 0 Å². The van der Waals surface area contributed by atoms with E-state index in [-0.39, 0.29) is 5.41 Å². The van der Waals surface area contributed by atoms with Crippen LogP contribution in [0.15, 0.2) is 0 Å². The zero-order chi connectivity index (χ0) is 10.8. The highest BCUT2D eigenvalue weighted by Crippen LogP contribution is 2.45. The number of nitrogens with zero attached hydrogens (tertiary/aromatic N) is 1. The van der Waals surface area contributed by atoms with Crippen LogP contribution in [0, 0.1) is 28.1 Å². The molecular formula is C12H20ClN. The third-order valence-electron chi connectivity index (χ3n) is 3.66. The van der Waals surface area contributed by atoms with Gasteiger partial charge in [-0.1, -0.05) is 20.8 Å². The van der Waals surface area contributed by atoms with Crippen LogP contribution in [0.4, 0.5) is 0 Å². The summed E-state index contributed by atoms with van der Waals surface area (Å²) in [5.74, 6) is 1.26. The lowest BCUT2D eigenvalue weighted by Crippen LogP contribution is -2.32. The molecule has 14 heavy (non-hydrogen) atoms. The summed E-state index contributed by atoms with van der Waals surface area (Å²) in [6, 6.07) is 2.41. The van der Waals surface area contributed by atoms with Gasteiger partial charge in [0.25, 0.3) is 0 Å². The first-order valence-electron chi connectivity index (χ1n) is 5.41. The molecule has 0 bridgehead atoms. The smallest absolute Gasteiger partial charge is 0.0709 e. The third kappa shape index (κ3) is 2.42. The monoisotopic (exact) mass is 213 g/mol. The van der Waals surface area contributed by atoms with Crippen LogP contribution in [0.2, 0.25) is 0 Å². The number of hydrogen-bond donors (Lipinski definition) is 0. The topological polar surface area (TPSA) is 23.8 Å². The standard InChI is InChI=1S/C12H20ClN/c1-11(2,3)10-4-6-12(8-13,9-14)7-5-10/h10H,4-8H2,1-3H3. The van der Waals surface area contributed by atoms with Crippen LogP contribution in [0.3, 0.4) is 0 Å². The highest BCUT2D eigenvalue weighted by atomic mass is 35.5. The number of halogens is 1. The molecule has 0 heterocycles. The van der Waals surface area contributed by atoms with Gasteiger partial charge in [0.05, 0.1) is 11.5 Å². The molecule has 0 amide bonds. The highest BCUT2D eigenvalue weighted by Gasteiger charge is 2.38. The Morgan fingerprint density at radius 2 is 1.86 bits per heavy atom. The van der Waals surface area contributed by atoms with Gasteiger partial charge in [-0.15, -0.1) is 11.6 Å². The Morgan fingerprint density at radius 1 is 1.36 bits per heavy atom. The molecule has 80 valence electrons. The second kappa shape index (κ2) is 4.11. The second-order valence-corrected chi connectivity index (χ2v) is 5.93. The van der Waals surface area contributed by atoms with Crippen LogP contribution in [0.1, 0.15) is 46.5 Å². The molecule has 2 heteroatoms. The first-order valence-corrected chi connectivity index (χ1v) is 5.94. The number of hydrogen-bond acceptors (Lipinski definition) is 1. The summed E-state index contributed by atoms with van der Waals surface area (Å²) in [6.07, 6.45) is 4.28. The second-order valence-electron chi connectivity index (χ2n) is 5.67. The van der Waals surface area contributed by atoms with E-state index in [1.807, 2.05) is 0 Å².